The van der Waals surface area contributed by atoms with Crippen LogP contribution >= 0.6 is 23.2 Å². The molecule has 2 aliphatic rings. The Balaban J connectivity index is 1.94. The number of allylic oxidation sites excluding steroid dienone is 3. The molecule has 5 heteroatoms. The third kappa shape index (κ3) is 3.71. The molecule has 1 aliphatic carbocycles. The highest BCUT2D eigenvalue weighted by molar-refractivity contribution is 6.30. The van der Waals surface area contributed by atoms with E-state index in [1.807, 2.05) is 24.3 Å². The molecule has 0 aromatic heterocycles. The van der Waals surface area contributed by atoms with Gasteiger partial charge in [0.15, 0.2) is 5.78 Å². The number of hydrogen-bond acceptors (Lipinski definition) is 3. The van der Waals surface area contributed by atoms with Gasteiger partial charge in [0, 0.05) is 27.7 Å². The Kier molecular flexibility index (Phi) is 5.02. The van der Waals surface area contributed by atoms with Crippen molar-refractivity contribution in [1.29, 1.82) is 5.26 Å². The van der Waals surface area contributed by atoms with E-state index in [-0.39, 0.29) is 11.2 Å². The minimum atomic E-state index is -0.414. The summed E-state index contributed by atoms with van der Waals surface area (Å²) in [5.74, 6) is -0.325. The lowest BCUT2D eigenvalue weighted by molar-refractivity contribution is -0.118. The largest absolute Gasteiger partial charge is 0.357 e. The number of ketones is 1. The zero-order valence-corrected chi connectivity index (χ0v) is 17.7. The molecule has 0 fully saturated rings. The summed E-state index contributed by atoms with van der Waals surface area (Å²) in [5, 5.41) is 14.8. The number of hydrogen-bond donors (Lipinski definition) is 1. The quantitative estimate of drug-likeness (QED) is 0.621. The molecule has 1 unspecified atom stereocenters. The Bertz CT molecular complexity index is 1090. The van der Waals surface area contributed by atoms with Crippen LogP contribution in [0.15, 0.2) is 65.4 Å². The Morgan fingerprint density at radius 3 is 2.17 bits per heavy atom. The van der Waals surface area contributed by atoms with Crippen molar-refractivity contribution in [3.63, 3.8) is 0 Å². The van der Waals surface area contributed by atoms with Crippen molar-refractivity contribution in [3.05, 3.63) is 86.5 Å². The average Bonchev–Trinajstić information content (AvgIpc) is 2.67. The smallest absolute Gasteiger partial charge is 0.162 e. The standard InChI is InChI=1S/C24H20Cl2N2O/c1-24(2)11-19-22(20(29)12-24)21(14-3-7-16(25)8-4-14)18(13-27)23(28-19)15-5-9-17(26)10-6-15/h3-10,21,28H,11-12H2,1-2H3. The molecule has 0 spiro atoms. The molecule has 29 heavy (non-hydrogen) atoms. The zero-order valence-electron chi connectivity index (χ0n) is 16.2. The lowest BCUT2D eigenvalue weighted by Crippen LogP contribution is -2.37. The first-order valence-corrected chi connectivity index (χ1v) is 10.2. The first kappa shape index (κ1) is 19.8. The molecule has 1 aliphatic heterocycles. The summed E-state index contributed by atoms with van der Waals surface area (Å²) < 4.78 is 0. The molecular formula is C24H20Cl2N2O. The summed E-state index contributed by atoms with van der Waals surface area (Å²) in [6.45, 7) is 4.19. The third-order valence-corrected chi connectivity index (χ3v) is 6.00. The highest BCUT2D eigenvalue weighted by Gasteiger charge is 2.41. The van der Waals surface area contributed by atoms with Gasteiger partial charge in [-0.15, -0.1) is 0 Å². The topological polar surface area (TPSA) is 52.9 Å². The zero-order chi connectivity index (χ0) is 20.8. The molecule has 3 nitrogen and oxygen atoms in total. The van der Waals surface area contributed by atoms with Gasteiger partial charge in [-0.2, -0.15) is 5.26 Å². The number of carbonyl (C=O) groups excluding carboxylic acids is 1. The number of rotatable bonds is 2. The molecule has 2 aromatic carbocycles. The molecule has 1 N–H and O–H groups in total. The van der Waals surface area contributed by atoms with E-state index in [9.17, 15) is 10.1 Å². The van der Waals surface area contributed by atoms with Crippen molar-refractivity contribution >= 4 is 34.7 Å². The normalized spacial score (nSPS) is 20.8. The fourth-order valence-electron chi connectivity index (χ4n) is 4.24. The molecule has 0 radical (unpaired) electrons. The first-order chi connectivity index (χ1) is 13.8. The molecule has 0 amide bonds. The Morgan fingerprint density at radius 2 is 1.59 bits per heavy atom. The van der Waals surface area contributed by atoms with E-state index in [0.717, 1.165) is 28.9 Å². The van der Waals surface area contributed by atoms with Crippen molar-refractivity contribution in [3.8, 4) is 6.07 Å². The summed E-state index contributed by atoms with van der Waals surface area (Å²) in [5.41, 5.74) is 4.47. The molecule has 0 bridgehead atoms. The SMILES string of the molecule is CC1(C)CC(=O)C2=C(C1)NC(c1ccc(Cl)cc1)=C(C#N)C2c1ccc(Cl)cc1. The Morgan fingerprint density at radius 1 is 1.00 bits per heavy atom. The number of nitrogens with zero attached hydrogens (tertiary/aromatic N) is 1. The van der Waals surface area contributed by atoms with Gasteiger partial charge in [0.2, 0.25) is 0 Å². The van der Waals surface area contributed by atoms with Crippen molar-refractivity contribution in [2.75, 3.05) is 0 Å². The second-order valence-corrected chi connectivity index (χ2v) is 9.22. The predicted octanol–water partition coefficient (Wildman–Crippen LogP) is 6.26. The number of benzene rings is 2. The van der Waals surface area contributed by atoms with Crippen LogP contribution in [0.1, 0.15) is 43.7 Å². The highest BCUT2D eigenvalue weighted by atomic mass is 35.5. The fraction of sp³-hybridized carbons (Fsp3) is 0.250. The van der Waals surface area contributed by atoms with Crippen LogP contribution in [0, 0.1) is 16.7 Å². The second kappa shape index (κ2) is 7.37. The van der Waals surface area contributed by atoms with Crippen LogP contribution in [0.25, 0.3) is 5.70 Å². The lowest BCUT2D eigenvalue weighted by atomic mass is 9.68. The molecule has 0 saturated heterocycles. The maximum Gasteiger partial charge on any atom is 0.162 e. The van der Waals surface area contributed by atoms with E-state index in [1.165, 1.54) is 0 Å². The van der Waals surface area contributed by atoms with Gasteiger partial charge < -0.3 is 5.32 Å². The third-order valence-electron chi connectivity index (χ3n) is 5.50. The Hall–Kier alpha value is -2.54. The van der Waals surface area contributed by atoms with E-state index >= 15 is 0 Å². The van der Waals surface area contributed by atoms with Crippen LogP contribution in [-0.4, -0.2) is 5.78 Å². The summed E-state index contributed by atoms with van der Waals surface area (Å²) in [6.07, 6.45) is 1.21. The highest BCUT2D eigenvalue weighted by Crippen LogP contribution is 2.47. The molecular weight excluding hydrogens is 403 g/mol. The van der Waals surface area contributed by atoms with Gasteiger partial charge in [0.25, 0.3) is 0 Å². The first-order valence-electron chi connectivity index (χ1n) is 9.48. The monoisotopic (exact) mass is 422 g/mol. The number of carbonyl (C=O) groups is 1. The lowest BCUT2D eigenvalue weighted by Gasteiger charge is -2.39. The van der Waals surface area contributed by atoms with Crippen molar-refractivity contribution in [2.24, 2.45) is 5.41 Å². The Labute approximate surface area is 180 Å². The van der Waals surface area contributed by atoms with Gasteiger partial charge in [0.05, 0.1) is 23.3 Å². The minimum absolute atomic E-state index is 0.0895. The molecule has 1 atom stereocenters. The van der Waals surface area contributed by atoms with Crippen molar-refractivity contribution < 1.29 is 4.79 Å². The van der Waals surface area contributed by atoms with Crippen LogP contribution in [0.5, 0.6) is 0 Å². The van der Waals surface area contributed by atoms with Gasteiger partial charge in [-0.1, -0.05) is 61.3 Å². The fourth-order valence-corrected chi connectivity index (χ4v) is 4.49. The maximum absolute atomic E-state index is 13.2. The molecule has 0 saturated carbocycles. The van der Waals surface area contributed by atoms with Crippen LogP contribution in [-0.2, 0) is 4.79 Å². The van der Waals surface area contributed by atoms with Crippen LogP contribution in [0.3, 0.4) is 0 Å². The van der Waals surface area contributed by atoms with Gasteiger partial charge in [0.1, 0.15) is 0 Å². The number of nitrogens with one attached hydrogen (secondary N) is 1. The van der Waals surface area contributed by atoms with Crippen LogP contribution in [0.2, 0.25) is 10.0 Å². The summed E-state index contributed by atoms with van der Waals surface area (Å²) in [7, 11) is 0. The number of halogens is 2. The maximum atomic E-state index is 13.2. The molecule has 2 aromatic rings. The van der Waals surface area contributed by atoms with Crippen LogP contribution < -0.4 is 5.32 Å². The minimum Gasteiger partial charge on any atom is -0.357 e. The molecule has 4 rings (SSSR count). The summed E-state index contributed by atoms with van der Waals surface area (Å²) >= 11 is 12.1. The van der Waals surface area contributed by atoms with Gasteiger partial charge in [-0.3, -0.25) is 4.79 Å². The number of nitriles is 1. The van der Waals surface area contributed by atoms with E-state index in [0.29, 0.717) is 27.6 Å². The van der Waals surface area contributed by atoms with E-state index in [1.54, 1.807) is 24.3 Å². The van der Waals surface area contributed by atoms with E-state index in [2.05, 4.69) is 25.2 Å². The van der Waals surface area contributed by atoms with Gasteiger partial charge in [-0.05, 0) is 47.2 Å². The second-order valence-electron chi connectivity index (χ2n) is 8.35. The van der Waals surface area contributed by atoms with Crippen molar-refractivity contribution in [2.45, 2.75) is 32.6 Å². The summed E-state index contributed by atoms with van der Waals surface area (Å²) in [6, 6.07) is 17.1. The number of Topliss-reactive ketones (excluding diaryl/α,β-unsaturated/α-hetero) is 1. The molecule has 146 valence electrons. The van der Waals surface area contributed by atoms with Gasteiger partial charge >= 0.3 is 0 Å². The van der Waals surface area contributed by atoms with Crippen LogP contribution in [0.4, 0.5) is 0 Å². The summed E-state index contributed by atoms with van der Waals surface area (Å²) in [4.78, 5) is 13.2. The number of dihydropyridines is 1. The van der Waals surface area contributed by atoms with Crippen molar-refractivity contribution in [1.82, 2.24) is 5.32 Å². The van der Waals surface area contributed by atoms with Gasteiger partial charge in [-0.25, -0.2) is 0 Å². The predicted molar refractivity (Wildman–Crippen MR) is 116 cm³/mol. The van der Waals surface area contributed by atoms with E-state index < -0.39 is 5.92 Å². The molecule has 1 heterocycles. The average molecular weight is 423 g/mol. The van der Waals surface area contributed by atoms with E-state index in [4.69, 9.17) is 23.2 Å².